The van der Waals surface area contributed by atoms with E-state index in [1.54, 1.807) is 0 Å². The Morgan fingerprint density at radius 1 is 1.31 bits per heavy atom. The summed E-state index contributed by atoms with van der Waals surface area (Å²) >= 11 is 0. The molecule has 0 rings (SSSR count). The highest BCUT2D eigenvalue weighted by Crippen LogP contribution is 1.93. The van der Waals surface area contributed by atoms with Crippen LogP contribution in [-0.2, 0) is 4.79 Å². The lowest BCUT2D eigenvalue weighted by Crippen LogP contribution is -2.42. The topological polar surface area (TPSA) is 89.9 Å². The van der Waals surface area contributed by atoms with Gasteiger partial charge in [0.2, 0.25) is 0 Å². The number of hydrogen-bond donors (Lipinski definition) is 3. The third-order valence-electron chi connectivity index (χ3n) is 1.99. The van der Waals surface area contributed by atoms with Gasteiger partial charge < -0.3 is 20.4 Å². The molecule has 0 spiro atoms. The lowest BCUT2D eigenvalue weighted by molar-refractivity contribution is -0.137. The van der Waals surface area contributed by atoms with Crippen LogP contribution in [-0.4, -0.2) is 53.4 Å². The average molecular weight is 232 g/mol. The number of carbonyl (C=O) groups is 2. The van der Waals surface area contributed by atoms with Gasteiger partial charge in [0, 0.05) is 26.1 Å². The maximum atomic E-state index is 11.5. The molecule has 0 saturated carbocycles. The fourth-order valence-corrected chi connectivity index (χ4v) is 1.25. The van der Waals surface area contributed by atoms with Crippen LogP contribution in [0.2, 0.25) is 0 Å². The van der Waals surface area contributed by atoms with Crippen molar-refractivity contribution in [2.45, 2.75) is 26.2 Å². The van der Waals surface area contributed by atoms with Crippen molar-refractivity contribution in [3.05, 3.63) is 0 Å². The quantitative estimate of drug-likeness (QED) is 0.524. The van der Waals surface area contributed by atoms with Crippen LogP contribution in [0.25, 0.3) is 0 Å². The Morgan fingerprint density at radius 2 is 2.00 bits per heavy atom. The number of carbonyl (C=O) groups excluding carboxylic acids is 1. The van der Waals surface area contributed by atoms with Crippen molar-refractivity contribution < 1.29 is 19.8 Å². The Morgan fingerprint density at radius 3 is 2.50 bits per heavy atom. The van der Waals surface area contributed by atoms with Crippen molar-refractivity contribution in [1.29, 1.82) is 0 Å². The SMILES string of the molecule is CCCN(CCO)C(=O)NCCCC(=O)O. The van der Waals surface area contributed by atoms with Gasteiger partial charge in [0.25, 0.3) is 0 Å². The zero-order valence-electron chi connectivity index (χ0n) is 9.61. The van der Waals surface area contributed by atoms with Gasteiger partial charge in [0.15, 0.2) is 0 Å². The molecular weight excluding hydrogens is 212 g/mol. The molecule has 0 aromatic heterocycles. The molecule has 0 unspecified atom stereocenters. The van der Waals surface area contributed by atoms with Crippen LogP contribution >= 0.6 is 0 Å². The van der Waals surface area contributed by atoms with Gasteiger partial charge >= 0.3 is 12.0 Å². The van der Waals surface area contributed by atoms with Crippen molar-refractivity contribution in [2.75, 3.05) is 26.2 Å². The van der Waals surface area contributed by atoms with E-state index >= 15 is 0 Å². The highest BCUT2D eigenvalue weighted by Gasteiger charge is 2.10. The van der Waals surface area contributed by atoms with Gasteiger partial charge in [-0.3, -0.25) is 4.79 Å². The molecule has 0 fully saturated rings. The molecule has 0 aromatic carbocycles. The van der Waals surface area contributed by atoms with Gasteiger partial charge in [-0.2, -0.15) is 0 Å². The molecule has 94 valence electrons. The maximum Gasteiger partial charge on any atom is 0.317 e. The highest BCUT2D eigenvalue weighted by atomic mass is 16.4. The Labute approximate surface area is 95.2 Å². The Balaban J connectivity index is 3.77. The summed E-state index contributed by atoms with van der Waals surface area (Å²) in [6, 6.07) is -0.249. The molecule has 0 heterocycles. The van der Waals surface area contributed by atoms with Gasteiger partial charge in [-0.1, -0.05) is 6.92 Å². The number of carboxylic acid groups (broad SMARTS) is 1. The molecule has 2 amide bonds. The monoisotopic (exact) mass is 232 g/mol. The summed E-state index contributed by atoms with van der Waals surface area (Å²) in [6.07, 6.45) is 1.29. The molecular formula is C10H20N2O4. The van der Waals surface area contributed by atoms with Crippen LogP contribution in [0.15, 0.2) is 0 Å². The number of amides is 2. The predicted octanol–water partition coefficient (Wildman–Crippen LogP) is 0.265. The second-order valence-corrected chi connectivity index (χ2v) is 3.44. The Kier molecular flexibility index (Phi) is 8.24. The van der Waals surface area contributed by atoms with Crippen molar-refractivity contribution in [3.8, 4) is 0 Å². The Bertz CT molecular complexity index is 215. The summed E-state index contributed by atoms with van der Waals surface area (Å²) in [5.41, 5.74) is 0. The third-order valence-corrected chi connectivity index (χ3v) is 1.99. The van der Waals surface area contributed by atoms with Crippen LogP contribution in [0.4, 0.5) is 4.79 Å². The summed E-state index contributed by atoms with van der Waals surface area (Å²) in [7, 11) is 0. The maximum absolute atomic E-state index is 11.5. The molecule has 0 bridgehead atoms. The standard InChI is InChI=1S/C10H20N2O4/c1-2-6-12(7-8-13)10(16)11-5-3-4-9(14)15/h13H,2-8H2,1H3,(H,11,16)(H,14,15). The molecule has 0 radical (unpaired) electrons. The van der Waals surface area contributed by atoms with Gasteiger partial charge in [-0.15, -0.1) is 0 Å². The van der Waals surface area contributed by atoms with E-state index in [1.807, 2.05) is 6.92 Å². The lowest BCUT2D eigenvalue weighted by atomic mass is 10.3. The zero-order valence-corrected chi connectivity index (χ0v) is 9.61. The number of nitrogens with one attached hydrogen (secondary N) is 1. The summed E-state index contributed by atoms with van der Waals surface area (Å²) in [6.45, 7) is 3.12. The minimum Gasteiger partial charge on any atom is -0.481 e. The van der Waals surface area contributed by atoms with E-state index in [4.69, 9.17) is 10.2 Å². The van der Waals surface area contributed by atoms with E-state index in [1.165, 1.54) is 4.90 Å². The number of aliphatic hydroxyl groups is 1. The predicted molar refractivity (Wildman–Crippen MR) is 59.2 cm³/mol. The summed E-state index contributed by atoms with van der Waals surface area (Å²) in [4.78, 5) is 23.3. The first-order valence-electron chi connectivity index (χ1n) is 5.47. The zero-order chi connectivity index (χ0) is 12.4. The largest absolute Gasteiger partial charge is 0.481 e. The molecule has 16 heavy (non-hydrogen) atoms. The fourth-order valence-electron chi connectivity index (χ4n) is 1.25. The van der Waals surface area contributed by atoms with Crippen molar-refractivity contribution in [3.63, 3.8) is 0 Å². The minimum atomic E-state index is -0.866. The van der Waals surface area contributed by atoms with E-state index in [-0.39, 0.29) is 19.1 Å². The number of carboxylic acids is 1. The number of nitrogens with zero attached hydrogens (tertiary/aromatic N) is 1. The first-order valence-corrected chi connectivity index (χ1v) is 5.47. The molecule has 6 heteroatoms. The van der Waals surface area contributed by atoms with Crippen LogP contribution in [0.5, 0.6) is 0 Å². The van der Waals surface area contributed by atoms with Gasteiger partial charge in [0.05, 0.1) is 6.61 Å². The van der Waals surface area contributed by atoms with Crippen molar-refractivity contribution in [2.24, 2.45) is 0 Å². The minimum absolute atomic E-state index is 0.0497. The lowest BCUT2D eigenvalue weighted by Gasteiger charge is -2.21. The molecule has 0 aliphatic carbocycles. The van der Waals surface area contributed by atoms with E-state index in [0.29, 0.717) is 26.1 Å². The van der Waals surface area contributed by atoms with Crippen LogP contribution in [0.3, 0.4) is 0 Å². The molecule has 0 aliphatic rings. The summed E-state index contributed by atoms with van der Waals surface area (Å²) in [5, 5.41) is 19.8. The second-order valence-electron chi connectivity index (χ2n) is 3.44. The molecule has 6 nitrogen and oxygen atoms in total. The van der Waals surface area contributed by atoms with E-state index in [0.717, 1.165) is 6.42 Å². The van der Waals surface area contributed by atoms with Gasteiger partial charge in [0.1, 0.15) is 0 Å². The molecule has 3 N–H and O–H groups in total. The number of hydrogen-bond acceptors (Lipinski definition) is 3. The number of aliphatic hydroxyl groups excluding tert-OH is 1. The van der Waals surface area contributed by atoms with E-state index in [9.17, 15) is 9.59 Å². The highest BCUT2D eigenvalue weighted by molar-refractivity contribution is 5.74. The number of aliphatic carboxylic acids is 1. The molecule has 0 aliphatic heterocycles. The van der Waals surface area contributed by atoms with Crippen LogP contribution in [0.1, 0.15) is 26.2 Å². The third kappa shape index (κ3) is 7.05. The first kappa shape index (κ1) is 14.7. The summed E-state index contributed by atoms with van der Waals surface area (Å²) in [5.74, 6) is -0.866. The average Bonchev–Trinajstić information content (AvgIpc) is 2.23. The summed E-state index contributed by atoms with van der Waals surface area (Å²) < 4.78 is 0. The van der Waals surface area contributed by atoms with E-state index in [2.05, 4.69) is 5.32 Å². The molecule has 0 aromatic rings. The van der Waals surface area contributed by atoms with Gasteiger partial charge in [-0.25, -0.2) is 4.79 Å². The number of rotatable bonds is 8. The molecule has 0 atom stereocenters. The van der Waals surface area contributed by atoms with Crippen LogP contribution < -0.4 is 5.32 Å². The first-order chi connectivity index (χ1) is 7.61. The van der Waals surface area contributed by atoms with Gasteiger partial charge in [-0.05, 0) is 12.8 Å². The van der Waals surface area contributed by atoms with Crippen molar-refractivity contribution in [1.82, 2.24) is 10.2 Å². The Hall–Kier alpha value is -1.30. The normalized spacial score (nSPS) is 9.88. The number of urea groups is 1. The second kappa shape index (κ2) is 8.96. The van der Waals surface area contributed by atoms with E-state index < -0.39 is 5.97 Å². The smallest absolute Gasteiger partial charge is 0.317 e. The van der Waals surface area contributed by atoms with Crippen molar-refractivity contribution >= 4 is 12.0 Å². The van der Waals surface area contributed by atoms with Crippen LogP contribution in [0, 0.1) is 0 Å². The fraction of sp³-hybridized carbons (Fsp3) is 0.800. The molecule has 0 saturated heterocycles.